The maximum absolute atomic E-state index is 14.0. The summed E-state index contributed by atoms with van der Waals surface area (Å²) in [4.78, 5) is 46.6. The molecule has 1 saturated heterocycles. The Hall–Kier alpha value is -4.56. The Morgan fingerprint density at radius 3 is 2.24 bits per heavy atom. The van der Waals surface area contributed by atoms with Crippen molar-refractivity contribution in [2.45, 2.75) is 51.1 Å². The van der Waals surface area contributed by atoms with Crippen LogP contribution in [-0.4, -0.2) is 75.0 Å². The number of aromatic amines is 1. The third-order valence-corrected chi connectivity index (χ3v) is 10.4. The number of rotatable bonds is 10. The first-order valence-corrected chi connectivity index (χ1v) is 17.1. The van der Waals surface area contributed by atoms with Gasteiger partial charge in [-0.05, 0) is 110 Å². The summed E-state index contributed by atoms with van der Waals surface area (Å²) in [7, 11) is 0. The summed E-state index contributed by atoms with van der Waals surface area (Å²) in [6.45, 7) is 4.41. The lowest BCUT2D eigenvalue weighted by Gasteiger charge is -2.32. The van der Waals surface area contributed by atoms with Crippen molar-refractivity contribution in [1.82, 2.24) is 36.2 Å². The SMILES string of the molecule is Cc1nc(C(=O)NC2C3CNCC32)ccc1-c1ccc(C[C@H](N)C(=O)N(c2ccc(-c3nn[nH]n3)cc2)C(=O)[C@H]2CC[C@H](CN)CC2)cc1.Cl. The number of amides is 3. The lowest BCUT2D eigenvalue weighted by atomic mass is 9.81. The van der Waals surface area contributed by atoms with Gasteiger partial charge in [0, 0.05) is 41.9 Å². The molecule has 2 unspecified atom stereocenters. The largest absolute Gasteiger partial charge is 0.347 e. The highest BCUT2D eigenvalue weighted by molar-refractivity contribution is 6.17. The van der Waals surface area contributed by atoms with Crippen LogP contribution in [0.5, 0.6) is 0 Å². The standard InChI is InChI=1S/C36H42N10O3.ClH/c1-20-27(14-15-31(40-20)34(47)41-32-28-18-39-19-29(28)32)23-6-2-21(3-7-23)16-30(38)36(49)46(35(48)25-8-4-22(17-37)5-9-25)26-12-10-24(11-13-26)33-42-44-45-43-33;/h2-3,6-7,10-15,22,25,28-30,32,39H,4-5,8-9,16-19,37-38H2,1H3,(H,41,47)(H,42,43,44,45);1H/t22-,25-,28?,29?,30-,32?;/m0./s1. The molecular weight excluding hydrogens is 656 g/mol. The van der Waals surface area contributed by atoms with Gasteiger partial charge in [-0.3, -0.25) is 14.4 Å². The Morgan fingerprint density at radius 1 is 0.940 bits per heavy atom. The molecule has 2 aromatic carbocycles. The van der Waals surface area contributed by atoms with E-state index in [1.165, 1.54) is 4.90 Å². The number of nitrogens with zero attached hydrogens (tertiary/aromatic N) is 5. The van der Waals surface area contributed by atoms with Gasteiger partial charge in [0.15, 0.2) is 0 Å². The number of imide groups is 1. The van der Waals surface area contributed by atoms with E-state index in [9.17, 15) is 14.4 Å². The molecule has 50 heavy (non-hydrogen) atoms. The van der Waals surface area contributed by atoms with E-state index in [1.807, 2.05) is 37.3 Å². The number of hydrogen-bond acceptors (Lipinski definition) is 10. The van der Waals surface area contributed by atoms with E-state index in [0.29, 0.717) is 59.9 Å². The van der Waals surface area contributed by atoms with Crippen LogP contribution in [-0.2, 0) is 16.0 Å². The number of aromatic nitrogens is 5. The highest BCUT2D eigenvalue weighted by atomic mass is 35.5. The van der Waals surface area contributed by atoms with Gasteiger partial charge in [-0.15, -0.1) is 22.6 Å². The summed E-state index contributed by atoms with van der Waals surface area (Å²) in [6.07, 6.45) is 3.32. The molecule has 7 rings (SSSR count). The van der Waals surface area contributed by atoms with Crippen LogP contribution in [0.25, 0.3) is 22.5 Å². The molecule has 7 N–H and O–H groups in total. The van der Waals surface area contributed by atoms with Crippen LogP contribution < -0.4 is 27.0 Å². The van der Waals surface area contributed by atoms with Crippen molar-refractivity contribution in [3.8, 4) is 22.5 Å². The Kier molecular flexibility index (Phi) is 10.7. The number of nitrogens with one attached hydrogen (secondary N) is 3. The highest BCUT2D eigenvalue weighted by Gasteiger charge is 2.53. The van der Waals surface area contributed by atoms with Crippen LogP contribution in [0.4, 0.5) is 5.69 Å². The monoisotopic (exact) mass is 698 g/mol. The van der Waals surface area contributed by atoms with Gasteiger partial charge in [-0.25, -0.2) is 9.88 Å². The number of carbonyl (C=O) groups is 3. The third-order valence-electron chi connectivity index (χ3n) is 10.4. The first kappa shape index (κ1) is 35.3. The van der Waals surface area contributed by atoms with Crippen molar-refractivity contribution >= 4 is 35.8 Å². The molecule has 3 atom stereocenters. The Balaban J connectivity index is 0.00000432. The maximum Gasteiger partial charge on any atom is 0.270 e. The zero-order chi connectivity index (χ0) is 34.1. The fourth-order valence-corrected chi connectivity index (χ4v) is 7.41. The Bertz CT molecular complexity index is 1800. The summed E-state index contributed by atoms with van der Waals surface area (Å²) in [5.74, 6) is 0.763. The molecule has 2 saturated carbocycles. The van der Waals surface area contributed by atoms with Crippen molar-refractivity contribution < 1.29 is 14.4 Å². The quantitative estimate of drug-likeness (QED) is 0.164. The van der Waals surface area contributed by atoms with Crippen LogP contribution >= 0.6 is 12.4 Å². The van der Waals surface area contributed by atoms with Crippen molar-refractivity contribution in [2.24, 2.45) is 35.1 Å². The molecule has 1 aliphatic heterocycles. The van der Waals surface area contributed by atoms with Gasteiger partial charge in [0.2, 0.25) is 11.7 Å². The summed E-state index contributed by atoms with van der Waals surface area (Å²) < 4.78 is 0. The molecule has 4 aromatic rings. The minimum atomic E-state index is -0.949. The molecule has 2 aliphatic carbocycles. The van der Waals surface area contributed by atoms with E-state index >= 15 is 0 Å². The summed E-state index contributed by atoms with van der Waals surface area (Å²) in [5.41, 5.74) is 17.5. The Labute approximate surface area is 296 Å². The first-order valence-electron chi connectivity index (χ1n) is 17.1. The van der Waals surface area contributed by atoms with Crippen LogP contribution in [0.15, 0.2) is 60.7 Å². The molecule has 3 heterocycles. The fourth-order valence-electron chi connectivity index (χ4n) is 7.41. The lowest BCUT2D eigenvalue weighted by molar-refractivity contribution is -0.130. The number of nitrogens with two attached hydrogens (primary N) is 2. The van der Waals surface area contributed by atoms with Gasteiger partial charge in [0.25, 0.3) is 11.8 Å². The molecule has 0 spiro atoms. The number of piperidine rings is 1. The summed E-state index contributed by atoms with van der Waals surface area (Å²) in [6, 6.07) is 17.7. The summed E-state index contributed by atoms with van der Waals surface area (Å²) >= 11 is 0. The number of fused-ring (bicyclic) bond motifs is 1. The minimum Gasteiger partial charge on any atom is -0.347 e. The third kappa shape index (κ3) is 7.31. The smallest absolute Gasteiger partial charge is 0.270 e. The van der Waals surface area contributed by atoms with Gasteiger partial charge >= 0.3 is 0 Å². The molecule has 262 valence electrons. The number of tetrazole rings is 1. The first-order chi connectivity index (χ1) is 23.8. The van der Waals surface area contributed by atoms with E-state index in [0.717, 1.165) is 48.3 Å². The number of aryl methyl sites for hydroxylation is 1. The van der Waals surface area contributed by atoms with Crippen molar-refractivity contribution in [2.75, 3.05) is 24.5 Å². The number of carbonyl (C=O) groups excluding carboxylic acids is 3. The topological polar surface area (TPSA) is 198 Å². The fraction of sp³-hybridized carbons (Fsp3) is 0.417. The zero-order valence-electron chi connectivity index (χ0n) is 27.9. The van der Waals surface area contributed by atoms with Gasteiger partial charge in [0.05, 0.1) is 11.7 Å². The van der Waals surface area contributed by atoms with Crippen LogP contribution in [0, 0.1) is 30.6 Å². The van der Waals surface area contributed by atoms with Crippen LogP contribution in [0.3, 0.4) is 0 Å². The lowest BCUT2D eigenvalue weighted by Crippen LogP contribution is -2.50. The van der Waals surface area contributed by atoms with Crippen LogP contribution in [0.1, 0.15) is 47.4 Å². The molecule has 13 nitrogen and oxygen atoms in total. The molecule has 3 amide bonds. The maximum atomic E-state index is 14.0. The van der Waals surface area contributed by atoms with E-state index in [4.69, 9.17) is 11.5 Å². The minimum absolute atomic E-state index is 0. The highest BCUT2D eigenvalue weighted by Crippen LogP contribution is 2.41. The normalized spacial score (nSPS) is 22.9. The predicted molar refractivity (Wildman–Crippen MR) is 191 cm³/mol. The van der Waals surface area contributed by atoms with Crippen molar-refractivity contribution in [3.05, 3.63) is 77.6 Å². The molecule has 0 radical (unpaired) electrons. The molecule has 14 heteroatoms. The van der Waals surface area contributed by atoms with Gasteiger partial charge < -0.3 is 22.1 Å². The number of benzene rings is 2. The number of hydrogen-bond donors (Lipinski definition) is 5. The molecule has 2 aromatic heterocycles. The number of pyridine rings is 1. The predicted octanol–water partition coefficient (Wildman–Crippen LogP) is 2.80. The van der Waals surface area contributed by atoms with E-state index in [1.54, 1.807) is 30.3 Å². The second kappa shape index (κ2) is 15.1. The van der Waals surface area contributed by atoms with Gasteiger partial charge in [-0.1, -0.05) is 30.3 Å². The van der Waals surface area contributed by atoms with Crippen molar-refractivity contribution in [3.63, 3.8) is 0 Å². The van der Waals surface area contributed by atoms with E-state index in [-0.39, 0.29) is 42.6 Å². The molecular formula is C36H43ClN10O3. The number of halogens is 1. The van der Waals surface area contributed by atoms with E-state index < -0.39 is 11.9 Å². The number of anilines is 1. The second-order valence-electron chi connectivity index (χ2n) is 13.6. The molecule has 3 aliphatic rings. The second-order valence-corrected chi connectivity index (χ2v) is 13.6. The van der Waals surface area contributed by atoms with E-state index in [2.05, 4.69) is 36.2 Å². The van der Waals surface area contributed by atoms with Gasteiger partial charge in [0.1, 0.15) is 5.69 Å². The Morgan fingerprint density at radius 2 is 1.62 bits per heavy atom. The van der Waals surface area contributed by atoms with Crippen LogP contribution in [0.2, 0.25) is 0 Å². The molecule has 3 fully saturated rings. The number of H-pyrrole nitrogens is 1. The molecule has 0 bridgehead atoms. The zero-order valence-corrected chi connectivity index (χ0v) is 28.7. The van der Waals surface area contributed by atoms with Gasteiger partial charge in [-0.2, -0.15) is 5.21 Å². The summed E-state index contributed by atoms with van der Waals surface area (Å²) in [5, 5.41) is 20.5. The average Bonchev–Trinajstić information content (AvgIpc) is 3.52. The van der Waals surface area contributed by atoms with Crippen molar-refractivity contribution in [1.29, 1.82) is 0 Å². The average molecular weight is 699 g/mol.